The highest BCUT2D eigenvalue weighted by Crippen LogP contribution is 2.50. The van der Waals surface area contributed by atoms with E-state index in [0.717, 1.165) is 50.7 Å². The second-order valence-corrected chi connectivity index (χ2v) is 10.7. The largest absolute Gasteiger partial charge is 0.495 e. The molecule has 1 fully saturated rings. The Balaban J connectivity index is 1.43. The van der Waals surface area contributed by atoms with Crippen LogP contribution in [0.1, 0.15) is 27.7 Å². The number of benzene rings is 4. The van der Waals surface area contributed by atoms with E-state index >= 15 is 0 Å². The Kier molecular flexibility index (Phi) is 4.99. The fraction of sp³-hybridized carbons (Fsp3) is 0.194. The van der Waals surface area contributed by atoms with Crippen LogP contribution < -0.4 is 15.1 Å². The van der Waals surface area contributed by atoms with Gasteiger partial charge in [-0.25, -0.2) is 4.98 Å². The molecule has 188 valence electrons. The van der Waals surface area contributed by atoms with Crippen LogP contribution in [-0.2, 0) is 9.31 Å². The molecule has 0 amide bonds. The van der Waals surface area contributed by atoms with Crippen LogP contribution in [0.5, 0.6) is 11.5 Å². The van der Waals surface area contributed by atoms with Crippen molar-refractivity contribution in [1.82, 2.24) is 4.98 Å². The molecule has 0 saturated carbocycles. The van der Waals surface area contributed by atoms with Crippen LogP contribution in [0.2, 0.25) is 0 Å². The van der Waals surface area contributed by atoms with Gasteiger partial charge in [0, 0.05) is 11.3 Å². The van der Waals surface area contributed by atoms with Crippen molar-refractivity contribution in [2.45, 2.75) is 38.9 Å². The van der Waals surface area contributed by atoms with Gasteiger partial charge in [0.2, 0.25) is 5.89 Å². The Morgan fingerprint density at radius 1 is 0.711 bits per heavy atom. The molecule has 0 spiro atoms. The first kappa shape index (κ1) is 23.1. The van der Waals surface area contributed by atoms with E-state index in [1.807, 2.05) is 60.7 Å². The fourth-order valence-corrected chi connectivity index (χ4v) is 5.01. The Morgan fingerprint density at radius 2 is 1.32 bits per heavy atom. The minimum Gasteiger partial charge on any atom is -0.453 e. The van der Waals surface area contributed by atoms with Gasteiger partial charge >= 0.3 is 7.12 Å². The summed E-state index contributed by atoms with van der Waals surface area (Å²) in [5, 5.41) is 0. The van der Waals surface area contributed by atoms with Crippen LogP contribution in [0.25, 0.3) is 22.6 Å². The molecule has 0 unspecified atom stereocenters. The zero-order chi connectivity index (χ0) is 26.1. The molecule has 2 aliphatic rings. The summed E-state index contributed by atoms with van der Waals surface area (Å²) in [5.41, 5.74) is 5.13. The molecular weight excluding hydrogens is 475 g/mol. The van der Waals surface area contributed by atoms with E-state index in [2.05, 4.69) is 62.9 Å². The number of fused-ring (bicyclic) bond motifs is 3. The predicted octanol–water partition coefficient (Wildman–Crippen LogP) is 7.37. The molecule has 0 bridgehead atoms. The Hall–Kier alpha value is -4.07. The number of ether oxygens (including phenoxy) is 1. The number of aromatic nitrogens is 1. The Labute approximate surface area is 221 Å². The molecule has 7 rings (SSSR count). The first-order valence-corrected chi connectivity index (χ1v) is 12.8. The molecule has 1 saturated heterocycles. The maximum atomic E-state index is 6.46. The van der Waals surface area contributed by atoms with E-state index in [1.54, 1.807) is 0 Å². The number of hydrogen-bond donors (Lipinski definition) is 0. The van der Waals surface area contributed by atoms with E-state index < -0.39 is 18.3 Å². The van der Waals surface area contributed by atoms with Gasteiger partial charge in [0.25, 0.3) is 0 Å². The van der Waals surface area contributed by atoms with Gasteiger partial charge in [0.15, 0.2) is 17.1 Å². The summed E-state index contributed by atoms with van der Waals surface area (Å²) in [6, 6.07) is 30.1. The highest BCUT2D eigenvalue weighted by Gasteiger charge is 2.52. The molecule has 0 radical (unpaired) electrons. The van der Waals surface area contributed by atoms with E-state index in [1.165, 1.54) is 0 Å². The average Bonchev–Trinajstić information content (AvgIpc) is 3.44. The molecule has 4 aromatic carbocycles. The maximum absolute atomic E-state index is 6.46. The molecule has 0 aliphatic carbocycles. The standard InChI is InChI=1S/C31H27BN2O4/c1-30(2)31(3,4)38-32(37-30)22-18-17-20(19-21(22)29-33-23-11-5-8-14-26(23)36-29)34-24-12-6-9-15-27(24)35-28-16-10-7-13-25(28)34/h5-19H,1-4H3. The molecule has 0 atom stereocenters. The van der Waals surface area contributed by atoms with Gasteiger partial charge in [0.1, 0.15) is 5.52 Å². The summed E-state index contributed by atoms with van der Waals surface area (Å²) in [5.74, 6) is 2.11. The average molecular weight is 502 g/mol. The summed E-state index contributed by atoms with van der Waals surface area (Å²) >= 11 is 0. The lowest BCUT2D eigenvalue weighted by Crippen LogP contribution is -2.41. The summed E-state index contributed by atoms with van der Waals surface area (Å²) in [6.07, 6.45) is 0. The zero-order valence-corrected chi connectivity index (χ0v) is 21.8. The number of nitrogens with zero attached hydrogens (tertiary/aromatic N) is 2. The highest BCUT2D eigenvalue weighted by molar-refractivity contribution is 6.63. The zero-order valence-electron chi connectivity index (χ0n) is 21.8. The maximum Gasteiger partial charge on any atom is 0.495 e. The summed E-state index contributed by atoms with van der Waals surface area (Å²) in [6.45, 7) is 8.23. The van der Waals surface area contributed by atoms with Crippen LogP contribution in [0, 0.1) is 0 Å². The molecule has 38 heavy (non-hydrogen) atoms. The predicted molar refractivity (Wildman–Crippen MR) is 150 cm³/mol. The van der Waals surface area contributed by atoms with E-state index in [9.17, 15) is 0 Å². The molecule has 0 N–H and O–H groups in total. The van der Waals surface area contributed by atoms with Crippen LogP contribution in [0.4, 0.5) is 17.1 Å². The fourth-order valence-electron chi connectivity index (χ4n) is 5.01. The molecule has 1 aromatic heterocycles. The smallest absolute Gasteiger partial charge is 0.453 e. The van der Waals surface area contributed by atoms with Crippen molar-refractivity contribution in [3.05, 3.63) is 91.0 Å². The van der Waals surface area contributed by atoms with E-state index in [0.29, 0.717) is 5.89 Å². The van der Waals surface area contributed by atoms with Gasteiger partial charge in [-0.3, -0.25) is 0 Å². The van der Waals surface area contributed by atoms with Crippen LogP contribution in [0.3, 0.4) is 0 Å². The minimum atomic E-state index is -0.566. The minimum absolute atomic E-state index is 0.475. The molecule has 7 heteroatoms. The van der Waals surface area contributed by atoms with E-state index in [4.69, 9.17) is 23.4 Å². The number of rotatable bonds is 3. The summed E-state index contributed by atoms with van der Waals surface area (Å²) < 4.78 is 25.4. The van der Waals surface area contributed by atoms with Gasteiger partial charge in [-0.1, -0.05) is 42.5 Å². The Morgan fingerprint density at radius 3 is 1.97 bits per heavy atom. The third-order valence-corrected chi connectivity index (χ3v) is 7.76. The van der Waals surface area contributed by atoms with Crippen molar-refractivity contribution in [3.63, 3.8) is 0 Å². The molecule has 5 aromatic rings. The van der Waals surface area contributed by atoms with Gasteiger partial charge in [-0.05, 0) is 81.7 Å². The lowest BCUT2D eigenvalue weighted by Gasteiger charge is -2.33. The van der Waals surface area contributed by atoms with Gasteiger partial charge < -0.3 is 23.4 Å². The van der Waals surface area contributed by atoms with Crippen molar-refractivity contribution in [3.8, 4) is 23.0 Å². The van der Waals surface area contributed by atoms with Crippen LogP contribution >= 0.6 is 0 Å². The second kappa shape index (κ2) is 8.22. The lowest BCUT2D eigenvalue weighted by molar-refractivity contribution is 0.00578. The van der Waals surface area contributed by atoms with E-state index in [-0.39, 0.29) is 0 Å². The van der Waals surface area contributed by atoms with Crippen molar-refractivity contribution < 1.29 is 18.5 Å². The summed E-state index contributed by atoms with van der Waals surface area (Å²) in [4.78, 5) is 7.04. The third kappa shape index (κ3) is 3.54. The third-order valence-electron chi connectivity index (χ3n) is 7.76. The molecule has 6 nitrogen and oxygen atoms in total. The summed E-state index contributed by atoms with van der Waals surface area (Å²) in [7, 11) is -0.566. The molecular formula is C31H27BN2O4. The Bertz CT molecular complexity index is 1600. The van der Waals surface area contributed by atoms with Crippen LogP contribution in [0.15, 0.2) is 95.4 Å². The van der Waals surface area contributed by atoms with Crippen molar-refractivity contribution in [2.75, 3.05) is 4.90 Å². The topological polar surface area (TPSA) is 57.0 Å². The number of hydrogen-bond acceptors (Lipinski definition) is 6. The van der Waals surface area contributed by atoms with Gasteiger partial charge in [-0.15, -0.1) is 0 Å². The number of anilines is 3. The first-order valence-electron chi connectivity index (χ1n) is 12.8. The monoisotopic (exact) mass is 502 g/mol. The lowest BCUT2D eigenvalue weighted by atomic mass is 9.75. The quantitative estimate of drug-likeness (QED) is 0.236. The first-order chi connectivity index (χ1) is 18.3. The number of para-hydroxylation sites is 6. The van der Waals surface area contributed by atoms with Crippen LogP contribution in [-0.4, -0.2) is 23.3 Å². The number of oxazole rings is 1. The molecule has 2 aliphatic heterocycles. The van der Waals surface area contributed by atoms with Crippen molar-refractivity contribution >= 4 is 40.7 Å². The second-order valence-electron chi connectivity index (χ2n) is 10.7. The SMILES string of the molecule is CC1(C)OB(c2ccc(N3c4ccccc4Oc4ccccc43)cc2-c2nc3ccccc3o2)OC1(C)C. The van der Waals surface area contributed by atoms with Gasteiger partial charge in [-0.2, -0.15) is 0 Å². The normalized spacial score (nSPS) is 17.3. The van der Waals surface area contributed by atoms with Gasteiger partial charge in [0.05, 0.1) is 22.6 Å². The van der Waals surface area contributed by atoms with Crippen molar-refractivity contribution in [2.24, 2.45) is 0 Å². The highest BCUT2D eigenvalue weighted by atomic mass is 16.7. The molecule has 3 heterocycles. The van der Waals surface area contributed by atoms with Crippen molar-refractivity contribution in [1.29, 1.82) is 0 Å².